The minimum atomic E-state index is -1.65. The van der Waals surface area contributed by atoms with Gasteiger partial charge in [-0.2, -0.15) is 15.3 Å². The number of nitrogens with one attached hydrogen (secondary N) is 2. The third kappa shape index (κ3) is 2.65. The van der Waals surface area contributed by atoms with E-state index < -0.39 is 38.8 Å². The van der Waals surface area contributed by atoms with Crippen molar-refractivity contribution in [3.63, 3.8) is 0 Å². The van der Waals surface area contributed by atoms with E-state index in [1.807, 2.05) is 0 Å². The van der Waals surface area contributed by atoms with Gasteiger partial charge in [0.2, 0.25) is 10.9 Å². The van der Waals surface area contributed by atoms with Crippen molar-refractivity contribution in [2.45, 2.75) is 0 Å². The van der Waals surface area contributed by atoms with Gasteiger partial charge in [-0.25, -0.2) is 4.79 Å². The molecule has 94 valence electrons. The van der Waals surface area contributed by atoms with Crippen LogP contribution in [0.5, 0.6) is 0 Å². The van der Waals surface area contributed by atoms with Gasteiger partial charge in [0.15, 0.2) is 11.0 Å². The second-order valence-corrected chi connectivity index (χ2v) is 3.08. The number of aromatic carboxylic acids is 1. The fourth-order valence-corrected chi connectivity index (χ4v) is 1.36. The van der Waals surface area contributed by atoms with Crippen LogP contribution in [-0.2, 0) is 0 Å². The predicted molar refractivity (Wildman–Crippen MR) is 67.5 cm³/mol. The first-order valence-electron chi connectivity index (χ1n) is 4.74. The molecule has 6 radical (unpaired) electrons. The molecule has 0 bridgehead atoms. The molecule has 13 heteroatoms. The summed E-state index contributed by atoms with van der Waals surface area (Å²) in [4.78, 5) is 34.9. The number of rotatable bonds is 4. The standard InChI is InChI=1S/C7H3B3N6O4/c8-14-11-2-1(7(19)20)3(12-15-9)6(18)4(5(2)17)13-16-10/h14,16H,(H,19,20). The lowest BCUT2D eigenvalue weighted by Gasteiger charge is -2.00. The number of carboxylic acid groups (broad SMARTS) is 1. The fraction of sp³-hybridized carbons (Fsp3) is 0. The minimum Gasteiger partial charge on any atom is -0.478 e. The minimum absolute atomic E-state index is 0.698. The molecule has 0 aromatic heterocycles. The third-order valence-electron chi connectivity index (χ3n) is 2.06. The molecule has 0 unspecified atom stereocenters. The van der Waals surface area contributed by atoms with Crippen LogP contribution >= 0.6 is 0 Å². The van der Waals surface area contributed by atoms with Gasteiger partial charge in [-0.1, -0.05) is 0 Å². The van der Waals surface area contributed by atoms with E-state index in [0.717, 1.165) is 0 Å². The topological polar surface area (TPSA) is 145 Å². The fourth-order valence-electron chi connectivity index (χ4n) is 1.36. The molecular weight excluding hydrogens is 265 g/mol. The van der Waals surface area contributed by atoms with Gasteiger partial charge in [-0.3, -0.25) is 14.6 Å². The van der Waals surface area contributed by atoms with Crippen LogP contribution in [0.15, 0.2) is 29.9 Å². The maximum absolute atomic E-state index is 11.9. The zero-order valence-electron chi connectivity index (χ0n) is 9.69. The smallest absolute Gasteiger partial charge is 0.340 e. The normalized spacial score (nSPS) is 12.8. The van der Waals surface area contributed by atoms with Crippen molar-refractivity contribution in [1.82, 2.24) is 10.7 Å². The highest BCUT2D eigenvalue weighted by Crippen LogP contribution is 2.07. The van der Waals surface area contributed by atoms with Crippen LogP contribution in [0.25, 0.3) is 0 Å². The van der Waals surface area contributed by atoms with Crippen molar-refractivity contribution in [2.75, 3.05) is 0 Å². The van der Waals surface area contributed by atoms with Crippen LogP contribution < -0.4 is 32.2 Å². The molecule has 10 nitrogen and oxygen atoms in total. The Morgan fingerprint density at radius 3 is 2.05 bits per heavy atom. The number of carboxylic acids is 1. The van der Waals surface area contributed by atoms with Crippen molar-refractivity contribution in [1.29, 1.82) is 0 Å². The SMILES string of the molecule is [B]N=Nc1c(C(=O)O)c(=NN[B])c(=O)c(=NN[B])c1=O. The molecule has 0 saturated carbocycles. The molecule has 3 N–H and O–H groups in total. The Labute approximate surface area is 114 Å². The maximum atomic E-state index is 11.9. The Balaban J connectivity index is 4.20. The van der Waals surface area contributed by atoms with E-state index in [4.69, 9.17) is 29.1 Å². The van der Waals surface area contributed by atoms with Gasteiger partial charge in [0.05, 0.1) is 0 Å². The summed E-state index contributed by atoms with van der Waals surface area (Å²) in [7, 11) is 14.6. The second-order valence-electron chi connectivity index (χ2n) is 3.08. The van der Waals surface area contributed by atoms with Gasteiger partial charge < -0.3 is 15.8 Å². The Morgan fingerprint density at radius 2 is 1.60 bits per heavy atom. The summed E-state index contributed by atoms with van der Waals surface area (Å²) in [6.07, 6.45) is 0. The van der Waals surface area contributed by atoms with Crippen molar-refractivity contribution in [3.05, 3.63) is 36.7 Å². The third-order valence-corrected chi connectivity index (χ3v) is 2.06. The molecule has 1 rings (SSSR count). The molecule has 0 spiro atoms. The average Bonchev–Trinajstić information content (AvgIpc) is 2.40. The Morgan fingerprint density at radius 1 is 1.05 bits per heavy atom. The number of hydrogen-bond acceptors (Lipinski definition) is 9. The monoisotopic (exact) mass is 268 g/mol. The average molecular weight is 268 g/mol. The zero-order valence-corrected chi connectivity index (χ0v) is 9.69. The molecule has 0 amide bonds. The number of benzene rings is 1. The number of hydrogen-bond donors (Lipinski definition) is 3. The van der Waals surface area contributed by atoms with Gasteiger partial charge in [-0.15, -0.1) is 0 Å². The number of nitrogens with zero attached hydrogens (tertiary/aromatic N) is 4. The van der Waals surface area contributed by atoms with E-state index in [0.29, 0.717) is 0 Å². The Hall–Kier alpha value is -2.72. The zero-order chi connectivity index (χ0) is 15.3. The lowest BCUT2D eigenvalue weighted by atomic mass is 10.1. The van der Waals surface area contributed by atoms with Crippen LogP contribution in [-0.4, -0.2) is 35.0 Å². The van der Waals surface area contributed by atoms with Crippen molar-refractivity contribution in [3.8, 4) is 0 Å². The van der Waals surface area contributed by atoms with E-state index in [2.05, 4.69) is 20.3 Å². The largest absolute Gasteiger partial charge is 0.478 e. The second kappa shape index (κ2) is 6.45. The summed E-state index contributed by atoms with van der Waals surface area (Å²) >= 11 is 0. The summed E-state index contributed by atoms with van der Waals surface area (Å²) in [5.41, 5.74) is -3.79. The van der Waals surface area contributed by atoms with Crippen molar-refractivity contribution < 1.29 is 9.90 Å². The summed E-state index contributed by atoms with van der Waals surface area (Å²) < 4.78 is 0. The first kappa shape index (κ1) is 15.3. The molecule has 0 fully saturated rings. The van der Waals surface area contributed by atoms with E-state index in [9.17, 15) is 14.4 Å². The molecule has 0 aliphatic heterocycles. The molecule has 0 atom stereocenters. The Kier molecular flexibility index (Phi) is 4.95. The van der Waals surface area contributed by atoms with E-state index in [-0.39, 0.29) is 0 Å². The molecular formula is C7H3B3N6O4. The van der Waals surface area contributed by atoms with Crippen LogP contribution in [0.1, 0.15) is 10.4 Å². The molecule has 0 heterocycles. The van der Waals surface area contributed by atoms with Crippen LogP contribution in [0.4, 0.5) is 5.69 Å². The molecule has 0 saturated heterocycles. The van der Waals surface area contributed by atoms with Crippen molar-refractivity contribution >= 4 is 35.6 Å². The summed E-state index contributed by atoms with van der Waals surface area (Å²) in [5, 5.41) is 23.6. The molecule has 0 aliphatic rings. The van der Waals surface area contributed by atoms with Gasteiger partial charge in [0, 0.05) is 0 Å². The number of carbonyl (C=O) groups is 1. The molecule has 20 heavy (non-hydrogen) atoms. The first-order valence-corrected chi connectivity index (χ1v) is 4.74. The highest BCUT2D eigenvalue weighted by atomic mass is 16.4. The van der Waals surface area contributed by atoms with Crippen LogP contribution in [0.2, 0.25) is 0 Å². The lowest BCUT2D eigenvalue weighted by molar-refractivity contribution is 0.0695. The highest BCUT2D eigenvalue weighted by molar-refractivity contribution is 6.05. The van der Waals surface area contributed by atoms with Crippen molar-refractivity contribution in [2.24, 2.45) is 20.3 Å². The highest BCUT2D eigenvalue weighted by Gasteiger charge is 2.21. The predicted octanol–water partition coefficient (Wildman–Crippen LogP) is -3.87. The maximum Gasteiger partial charge on any atom is 0.340 e. The first-order chi connectivity index (χ1) is 9.49. The Bertz CT molecular complexity index is 781. The van der Waals surface area contributed by atoms with E-state index in [1.165, 1.54) is 0 Å². The van der Waals surface area contributed by atoms with Gasteiger partial charge >= 0.3 is 5.97 Å². The lowest BCUT2D eigenvalue weighted by Crippen LogP contribution is -2.51. The quantitative estimate of drug-likeness (QED) is 0.289. The summed E-state index contributed by atoms with van der Waals surface area (Å²) in [5.74, 6) is -1.65. The van der Waals surface area contributed by atoms with E-state index >= 15 is 0 Å². The van der Waals surface area contributed by atoms with Gasteiger partial charge in [0.25, 0.3) is 23.9 Å². The molecule has 0 aliphatic carbocycles. The molecule has 1 aromatic carbocycles. The van der Waals surface area contributed by atoms with Gasteiger partial charge in [-0.05, 0) is 0 Å². The molecule has 1 aromatic rings. The van der Waals surface area contributed by atoms with Crippen LogP contribution in [0, 0.1) is 0 Å². The van der Waals surface area contributed by atoms with E-state index in [1.54, 1.807) is 10.7 Å². The summed E-state index contributed by atoms with van der Waals surface area (Å²) in [6.45, 7) is 0. The summed E-state index contributed by atoms with van der Waals surface area (Å²) in [6, 6.07) is 0. The van der Waals surface area contributed by atoms with Crippen LogP contribution in [0.3, 0.4) is 0 Å². The van der Waals surface area contributed by atoms with Gasteiger partial charge in [0.1, 0.15) is 10.9 Å².